The van der Waals surface area contributed by atoms with E-state index >= 15 is 0 Å². The molecule has 2 aromatic rings. The minimum absolute atomic E-state index is 0.129. The number of benzene rings is 2. The standard InChI is InChI=1S/C27H26N4O10S/c1-12-13(2)15(4)19-18(14(12)3)22(32)28(23(19)33)20-24(34)29-21(27(5,41-31(38)39)11-42-25(20)29)26(35)40-10-16-6-8-17(9-7-16)30(36)37/h6-9,20-21,25H,10-11H2,1-5H3/t20?,21?,25-,27-/m1/s1. The van der Waals surface area contributed by atoms with E-state index in [1.54, 1.807) is 13.8 Å². The summed E-state index contributed by atoms with van der Waals surface area (Å²) in [5.74, 6) is -3.10. The number of carbonyl (C=O) groups is 4. The number of amides is 3. The van der Waals surface area contributed by atoms with Gasteiger partial charge in [0.15, 0.2) is 11.6 Å². The summed E-state index contributed by atoms with van der Waals surface area (Å²) in [4.78, 5) is 82.8. The van der Waals surface area contributed by atoms with Crippen molar-refractivity contribution in [3.63, 3.8) is 0 Å². The summed E-state index contributed by atoms with van der Waals surface area (Å²) in [5.41, 5.74) is 1.95. The second-order valence-corrected chi connectivity index (χ2v) is 11.8. The molecule has 15 heteroatoms. The summed E-state index contributed by atoms with van der Waals surface area (Å²) in [6.07, 6.45) is 0. The van der Waals surface area contributed by atoms with Crippen molar-refractivity contribution in [3.8, 4) is 0 Å². The summed E-state index contributed by atoms with van der Waals surface area (Å²) < 4.78 is 5.40. The topological polar surface area (TPSA) is 180 Å². The van der Waals surface area contributed by atoms with Crippen LogP contribution in [0.4, 0.5) is 5.69 Å². The maximum absolute atomic E-state index is 13.7. The number of β-lactam (4-membered cyclic amide) rings is 1. The molecule has 0 saturated carbocycles. The van der Waals surface area contributed by atoms with Crippen LogP contribution in [0, 0.1) is 47.9 Å². The predicted octanol–water partition coefficient (Wildman–Crippen LogP) is 2.79. The van der Waals surface area contributed by atoms with Crippen LogP contribution in [0.15, 0.2) is 24.3 Å². The molecule has 3 amide bonds. The largest absolute Gasteiger partial charge is 0.459 e. The lowest BCUT2D eigenvalue weighted by Crippen LogP contribution is -2.79. The van der Waals surface area contributed by atoms with Crippen LogP contribution in [0.3, 0.4) is 0 Å². The number of thioether (sulfide) groups is 1. The Kier molecular flexibility index (Phi) is 6.95. The lowest BCUT2D eigenvalue weighted by Gasteiger charge is -2.57. The van der Waals surface area contributed by atoms with Crippen molar-refractivity contribution in [2.45, 2.75) is 64.3 Å². The molecule has 2 fully saturated rings. The summed E-state index contributed by atoms with van der Waals surface area (Å²) in [6, 6.07) is 2.44. The number of nitro benzene ring substituents is 1. The summed E-state index contributed by atoms with van der Waals surface area (Å²) in [7, 11) is 0. The number of ether oxygens (including phenoxy) is 1. The molecule has 3 heterocycles. The SMILES string of the molecule is Cc1c(C)c(C)c2c(c1C)C(=O)N(C1C(=O)N3C(C(=O)OCc4ccc([N+](=O)[O-])cc4)[C@](C)(O[N+](=O)[O-])CS[C@H]13)C2=O. The average molecular weight is 599 g/mol. The van der Waals surface area contributed by atoms with Crippen molar-refractivity contribution in [2.24, 2.45) is 0 Å². The number of fused-ring (bicyclic) bond motifs is 2. The number of rotatable bonds is 7. The van der Waals surface area contributed by atoms with Gasteiger partial charge in [0.2, 0.25) is 0 Å². The summed E-state index contributed by atoms with van der Waals surface area (Å²) in [5, 5.41) is 20.3. The van der Waals surface area contributed by atoms with E-state index in [2.05, 4.69) is 0 Å². The van der Waals surface area contributed by atoms with Crippen LogP contribution in [0.2, 0.25) is 0 Å². The normalized spacial score (nSPS) is 24.6. The zero-order chi connectivity index (χ0) is 30.8. The van der Waals surface area contributed by atoms with Gasteiger partial charge in [0.05, 0.1) is 16.1 Å². The van der Waals surface area contributed by atoms with Gasteiger partial charge >= 0.3 is 5.97 Å². The maximum atomic E-state index is 13.7. The molecule has 220 valence electrons. The third-order valence-electron chi connectivity index (χ3n) is 8.31. The van der Waals surface area contributed by atoms with Crippen LogP contribution in [-0.4, -0.2) is 72.3 Å². The lowest BCUT2D eigenvalue weighted by atomic mass is 9.90. The van der Waals surface area contributed by atoms with E-state index in [1.807, 2.05) is 13.8 Å². The molecule has 5 rings (SSSR count). The third kappa shape index (κ3) is 4.26. The highest BCUT2D eigenvalue weighted by Crippen LogP contribution is 2.48. The Morgan fingerprint density at radius 3 is 2.02 bits per heavy atom. The molecule has 4 atom stereocenters. The Hall–Kier alpha value is -4.53. The molecule has 0 N–H and O–H groups in total. The molecular formula is C27H26N4O10S. The Morgan fingerprint density at radius 1 is 0.976 bits per heavy atom. The first-order chi connectivity index (χ1) is 19.7. The molecule has 14 nitrogen and oxygen atoms in total. The average Bonchev–Trinajstić information content (AvgIpc) is 3.18. The number of imide groups is 1. The van der Waals surface area contributed by atoms with E-state index in [0.717, 1.165) is 32.7 Å². The van der Waals surface area contributed by atoms with Gasteiger partial charge in [-0.25, -0.2) is 4.79 Å². The Morgan fingerprint density at radius 2 is 1.52 bits per heavy atom. The maximum Gasteiger partial charge on any atom is 0.331 e. The molecular weight excluding hydrogens is 572 g/mol. The van der Waals surface area contributed by atoms with Gasteiger partial charge in [0.25, 0.3) is 28.5 Å². The van der Waals surface area contributed by atoms with Crippen LogP contribution in [0.25, 0.3) is 0 Å². The molecule has 3 aliphatic heterocycles. The Balaban J connectivity index is 1.43. The van der Waals surface area contributed by atoms with Gasteiger partial charge < -0.3 is 14.5 Å². The number of non-ortho nitro benzene ring substituents is 1. The molecule has 2 saturated heterocycles. The molecule has 0 radical (unpaired) electrons. The van der Waals surface area contributed by atoms with Crippen LogP contribution < -0.4 is 0 Å². The fraction of sp³-hybridized carbons (Fsp3) is 0.407. The van der Waals surface area contributed by atoms with Crippen molar-refractivity contribution >= 4 is 41.1 Å². The second kappa shape index (κ2) is 10.1. The molecule has 0 aliphatic carbocycles. The van der Waals surface area contributed by atoms with Gasteiger partial charge in [-0.15, -0.1) is 21.9 Å². The summed E-state index contributed by atoms with van der Waals surface area (Å²) in [6.45, 7) is 8.18. The van der Waals surface area contributed by atoms with Crippen molar-refractivity contribution in [2.75, 3.05) is 5.75 Å². The highest BCUT2D eigenvalue weighted by Gasteiger charge is 2.66. The zero-order valence-corrected chi connectivity index (χ0v) is 24.1. The molecule has 3 aliphatic rings. The first-order valence-electron chi connectivity index (χ1n) is 12.8. The van der Waals surface area contributed by atoms with Crippen molar-refractivity contribution in [1.29, 1.82) is 0 Å². The van der Waals surface area contributed by atoms with E-state index in [-0.39, 0.29) is 29.2 Å². The quantitative estimate of drug-likeness (QED) is 0.150. The molecule has 2 aromatic carbocycles. The van der Waals surface area contributed by atoms with E-state index in [1.165, 1.54) is 31.2 Å². The van der Waals surface area contributed by atoms with Crippen LogP contribution in [0.1, 0.15) is 55.5 Å². The van der Waals surface area contributed by atoms with Gasteiger partial charge in [0, 0.05) is 17.9 Å². The molecule has 2 unspecified atom stereocenters. The number of esters is 1. The highest BCUT2D eigenvalue weighted by atomic mass is 32.2. The number of nitrogens with zero attached hydrogens (tertiary/aromatic N) is 4. The number of hydrogen-bond acceptors (Lipinski definition) is 11. The van der Waals surface area contributed by atoms with Crippen LogP contribution in [0.5, 0.6) is 0 Å². The van der Waals surface area contributed by atoms with Gasteiger partial charge in [-0.05, 0) is 74.6 Å². The monoisotopic (exact) mass is 598 g/mol. The number of carbonyl (C=O) groups excluding carboxylic acids is 4. The predicted molar refractivity (Wildman–Crippen MR) is 146 cm³/mol. The number of nitro groups is 1. The Bertz CT molecular complexity index is 1550. The van der Waals surface area contributed by atoms with Gasteiger partial charge in [-0.3, -0.25) is 29.4 Å². The number of hydrogen-bond donors (Lipinski definition) is 0. The van der Waals surface area contributed by atoms with Crippen molar-refractivity contribution < 1.29 is 38.8 Å². The minimum atomic E-state index is -1.80. The third-order valence-corrected chi connectivity index (χ3v) is 9.88. The fourth-order valence-corrected chi connectivity index (χ4v) is 7.29. The lowest BCUT2D eigenvalue weighted by molar-refractivity contribution is -0.779. The van der Waals surface area contributed by atoms with Gasteiger partial charge in [-0.1, -0.05) is 0 Å². The van der Waals surface area contributed by atoms with Crippen molar-refractivity contribution in [3.05, 3.63) is 83.4 Å². The van der Waals surface area contributed by atoms with Crippen LogP contribution in [-0.2, 0) is 25.8 Å². The molecule has 42 heavy (non-hydrogen) atoms. The smallest absolute Gasteiger partial charge is 0.331 e. The fourth-order valence-electron chi connectivity index (χ4n) is 5.77. The second-order valence-electron chi connectivity index (χ2n) is 10.7. The van der Waals surface area contributed by atoms with E-state index in [4.69, 9.17) is 9.57 Å². The Labute approximate surface area is 243 Å². The first-order valence-corrected chi connectivity index (χ1v) is 13.9. The van der Waals surface area contributed by atoms with E-state index in [0.29, 0.717) is 16.7 Å². The molecule has 0 spiro atoms. The zero-order valence-electron chi connectivity index (χ0n) is 23.2. The first kappa shape index (κ1) is 29.0. The highest BCUT2D eigenvalue weighted by molar-refractivity contribution is 8.00. The van der Waals surface area contributed by atoms with Gasteiger partial charge in [0.1, 0.15) is 18.0 Å². The van der Waals surface area contributed by atoms with Crippen molar-refractivity contribution in [1.82, 2.24) is 9.80 Å². The minimum Gasteiger partial charge on any atom is -0.459 e. The van der Waals surface area contributed by atoms with E-state index in [9.17, 15) is 39.4 Å². The molecule has 0 aromatic heterocycles. The molecule has 0 bridgehead atoms. The van der Waals surface area contributed by atoms with Gasteiger partial charge in [-0.2, -0.15) is 0 Å². The van der Waals surface area contributed by atoms with E-state index < -0.39 is 56.8 Å². The summed E-state index contributed by atoms with van der Waals surface area (Å²) >= 11 is 1.06. The van der Waals surface area contributed by atoms with Crippen LogP contribution >= 0.6 is 11.8 Å².